The van der Waals surface area contributed by atoms with Crippen molar-refractivity contribution in [1.82, 2.24) is 15.5 Å². The third-order valence-electron chi connectivity index (χ3n) is 4.64. The van der Waals surface area contributed by atoms with E-state index in [4.69, 9.17) is 0 Å². The zero-order valence-electron chi connectivity index (χ0n) is 14.6. The molecule has 0 aromatic carbocycles. The van der Waals surface area contributed by atoms with Gasteiger partial charge in [-0.15, -0.1) is 0 Å². The molecule has 0 saturated carbocycles. The first kappa shape index (κ1) is 18.4. The van der Waals surface area contributed by atoms with Crippen LogP contribution in [0, 0.1) is 0 Å². The fourth-order valence-corrected chi connectivity index (χ4v) is 3.09. The van der Waals surface area contributed by atoms with Gasteiger partial charge in [0.2, 0.25) is 5.91 Å². The van der Waals surface area contributed by atoms with Gasteiger partial charge in [0.25, 0.3) is 0 Å². The first-order valence-corrected chi connectivity index (χ1v) is 8.79. The van der Waals surface area contributed by atoms with Crippen LogP contribution in [-0.4, -0.2) is 48.1 Å². The van der Waals surface area contributed by atoms with Crippen LogP contribution in [0.4, 0.5) is 0 Å². The van der Waals surface area contributed by atoms with Crippen LogP contribution in [0.2, 0.25) is 0 Å². The maximum Gasteiger partial charge on any atom is 0.237 e. The Morgan fingerprint density at radius 2 is 1.86 bits per heavy atom. The maximum atomic E-state index is 12.5. The Morgan fingerprint density at radius 3 is 2.43 bits per heavy atom. The molecule has 0 aromatic heterocycles. The first-order valence-electron chi connectivity index (χ1n) is 8.79. The van der Waals surface area contributed by atoms with Gasteiger partial charge in [-0.3, -0.25) is 9.69 Å². The molecule has 0 bridgehead atoms. The van der Waals surface area contributed by atoms with Crippen LogP contribution in [-0.2, 0) is 4.79 Å². The summed E-state index contributed by atoms with van der Waals surface area (Å²) >= 11 is 0. The van der Waals surface area contributed by atoms with Crippen LogP contribution in [0.3, 0.4) is 0 Å². The summed E-state index contributed by atoms with van der Waals surface area (Å²) in [5, 5.41) is 6.73. The van der Waals surface area contributed by atoms with Crippen molar-refractivity contribution in [3.63, 3.8) is 0 Å². The normalized spacial score (nSPS) is 21.8. The molecule has 0 aromatic rings. The molecule has 0 spiro atoms. The van der Waals surface area contributed by atoms with Crippen molar-refractivity contribution in [3.05, 3.63) is 0 Å². The molecule has 1 saturated heterocycles. The molecule has 2 atom stereocenters. The summed E-state index contributed by atoms with van der Waals surface area (Å²) < 4.78 is 0. The van der Waals surface area contributed by atoms with Crippen molar-refractivity contribution < 1.29 is 4.79 Å². The highest BCUT2D eigenvalue weighted by molar-refractivity contribution is 5.81. The predicted octanol–water partition coefficient (Wildman–Crippen LogP) is 2.53. The third kappa shape index (κ3) is 5.95. The fraction of sp³-hybridized carbons (Fsp3) is 0.941. The highest BCUT2D eigenvalue weighted by Gasteiger charge is 2.30. The van der Waals surface area contributed by atoms with E-state index in [9.17, 15) is 4.79 Å². The number of carbonyl (C=O) groups is 1. The van der Waals surface area contributed by atoms with Gasteiger partial charge in [0.1, 0.15) is 0 Å². The van der Waals surface area contributed by atoms with Gasteiger partial charge in [0.05, 0.1) is 6.04 Å². The summed E-state index contributed by atoms with van der Waals surface area (Å²) in [6.07, 6.45) is 5.70. The summed E-state index contributed by atoms with van der Waals surface area (Å²) in [5.74, 6) is 0.195. The maximum absolute atomic E-state index is 12.5. The highest BCUT2D eigenvalue weighted by Crippen LogP contribution is 2.19. The second-order valence-corrected chi connectivity index (χ2v) is 6.65. The van der Waals surface area contributed by atoms with E-state index in [1.54, 1.807) is 0 Å². The molecule has 1 fully saturated rings. The summed E-state index contributed by atoms with van der Waals surface area (Å²) in [7, 11) is 0. The van der Waals surface area contributed by atoms with Crippen molar-refractivity contribution in [3.8, 4) is 0 Å². The molecular formula is C17H35N3O. The summed E-state index contributed by atoms with van der Waals surface area (Å²) in [5.41, 5.74) is 0. The van der Waals surface area contributed by atoms with Gasteiger partial charge >= 0.3 is 0 Å². The number of amides is 1. The molecule has 1 heterocycles. The Hall–Kier alpha value is -0.610. The monoisotopic (exact) mass is 297 g/mol. The number of piperidine rings is 1. The number of hydrogen-bond acceptors (Lipinski definition) is 3. The Bertz CT molecular complexity index is 302. The summed E-state index contributed by atoms with van der Waals surface area (Å²) in [4.78, 5) is 14.9. The van der Waals surface area contributed by atoms with Gasteiger partial charge in [0, 0.05) is 24.7 Å². The van der Waals surface area contributed by atoms with Gasteiger partial charge in [-0.2, -0.15) is 0 Å². The Kier molecular flexibility index (Phi) is 8.27. The molecule has 4 heteroatoms. The molecule has 1 aliphatic rings. The lowest BCUT2D eigenvalue weighted by atomic mass is 9.99. The number of nitrogens with one attached hydrogen (secondary N) is 2. The van der Waals surface area contributed by atoms with Crippen LogP contribution in [0.5, 0.6) is 0 Å². The lowest BCUT2D eigenvalue weighted by molar-refractivity contribution is -0.128. The van der Waals surface area contributed by atoms with E-state index in [2.05, 4.69) is 50.2 Å². The zero-order valence-corrected chi connectivity index (χ0v) is 14.6. The van der Waals surface area contributed by atoms with Crippen LogP contribution in [0.15, 0.2) is 0 Å². The molecule has 1 amide bonds. The molecule has 0 aliphatic carbocycles. The number of nitrogens with zero attached hydrogens (tertiary/aromatic N) is 1. The van der Waals surface area contributed by atoms with E-state index in [0.29, 0.717) is 18.1 Å². The quantitative estimate of drug-likeness (QED) is 0.723. The Balaban J connectivity index is 2.58. The SMILES string of the molecule is CCC(CC)NC(=O)C(C)N1CCCCC1CNC(C)C. The average Bonchev–Trinajstić information content (AvgIpc) is 2.49. The van der Waals surface area contributed by atoms with Crippen molar-refractivity contribution in [1.29, 1.82) is 0 Å². The Labute approximate surface area is 131 Å². The Morgan fingerprint density at radius 1 is 1.19 bits per heavy atom. The van der Waals surface area contributed by atoms with Gasteiger partial charge in [-0.25, -0.2) is 0 Å². The van der Waals surface area contributed by atoms with Crippen LogP contribution in [0.1, 0.15) is 66.7 Å². The smallest absolute Gasteiger partial charge is 0.237 e. The van der Waals surface area contributed by atoms with E-state index >= 15 is 0 Å². The lowest BCUT2D eigenvalue weighted by Gasteiger charge is -2.40. The van der Waals surface area contributed by atoms with Crippen molar-refractivity contribution in [2.75, 3.05) is 13.1 Å². The van der Waals surface area contributed by atoms with Crippen LogP contribution in [0.25, 0.3) is 0 Å². The average molecular weight is 297 g/mol. The van der Waals surface area contributed by atoms with E-state index < -0.39 is 0 Å². The van der Waals surface area contributed by atoms with E-state index in [1.165, 1.54) is 19.3 Å². The van der Waals surface area contributed by atoms with E-state index in [0.717, 1.165) is 25.9 Å². The summed E-state index contributed by atoms with van der Waals surface area (Å²) in [6, 6.07) is 1.29. The van der Waals surface area contributed by atoms with Gasteiger partial charge in [-0.05, 0) is 39.2 Å². The minimum absolute atomic E-state index is 0.0233. The molecule has 2 N–H and O–H groups in total. The van der Waals surface area contributed by atoms with Gasteiger partial charge in [0.15, 0.2) is 0 Å². The van der Waals surface area contributed by atoms with Crippen LogP contribution < -0.4 is 10.6 Å². The van der Waals surface area contributed by atoms with Gasteiger partial charge in [-0.1, -0.05) is 34.1 Å². The molecule has 4 nitrogen and oxygen atoms in total. The number of carbonyl (C=O) groups excluding carboxylic acids is 1. The highest BCUT2D eigenvalue weighted by atomic mass is 16.2. The first-order chi connectivity index (χ1) is 9.99. The largest absolute Gasteiger partial charge is 0.352 e. The number of likely N-dealkylation sites (tertiary alicyclic amines) is 1. The predicted molar refractivity (Wildman–Crippen MR) is 89.5 cm³/mol. The molecular weight excluding hydrogens is 262 g/mol. The second kappa shape index (κ2) is 9.42. The fourth-order valence-electron chi connectivity index (χ4n) is 3.09. The molecule has 21 heavy (non-hydrogen) atoms. The molecule has 124 valence electrons. The number of rotatable bonds is 8. The van der Waals surface area contributed by atoms with Crippen molar-refractivity contribution >= 4 is 5.91 Å². The molecule has 1 rings (SSSR count). The standard InChI is InChI=1S/C17H35N3O/c1-6-15(7-2)19-17(21)14(5)20-11-9-8-10-16(20)12-18-13(3)4/h13-16,18H,6-12H2,1-5H3,(H,19,21). The van der Waals surface area contributed by atoms with Gasteiger partial charge < -0.3 is 10.6 Å². The van der Waals surface area contributed by atoms with Crippen LogP contribution >= 0.6 is 0 Å². The summed E-state index contributed by atoms with van der Waals surface area (Å²) in [6.45, 7) is 12.7. The minimum atomic E-state index is -0.0233. The van der Waals surface area contributed by atoms with E-state index in [1.807, 2.05) is 0 Å². The van der Waals surface area contributed by atoms with Crippen molar-refractivity contribution in [2.45, 2.75) is 90.9 Å². The third-order valence-corrected chi connectivity index (χ3v) is 4.64. The molecule has 0 radical (unpaired) electrons. The topological polar surface area (TPSA) is 44.4 Å². The van der Waals surface area contributed by atoms with E-state index in [-0.39, 0.29) is 11.9 Å². The molecule has 1 aliphatic heterocycles. The lowest BCUT2D eigenvalue weighted by Crippen LogP contribution is -2.56. The number of hydrogen-bond donors (Lipinski definition) is 2. The minimum Gasteiger partial charge on any atom is -0.352 e. The second-order valence-electron chi connectivity index (χ2n) is 6.65. The molecule has 2 unspecified atom stereocenters. The van der Waals surface area contributed by atoms with Crippen molar-refractivity contribution in [2.24, 2.45) is 0 Å². The zero-order chi connectivity index (χ0) is 15.8.